The molecule has 0 saturated carbocycles. The molecule has 0 fully saturated rings. The minimum absolute atomic E-state index is 0.160. The van der Waals surface area contributed by atoms with Crippen LogP contribution in [0, 0.1) is 0 Å². The Kier molecular flexibility index (Phi) is 5.85. The monoisotopic (exact) mass is 431 g/mol. The van der Waals surface area contributed by atoms with E-state index in [0.717, 1.165) is 5.56 Å². The maximum Gasteiger partial charge on any atom is 0.337 e. The Morgan fingerprint density at radius 1 is 0.969 bits per heavy atom. The smallest absolute Gasteiger partial charge is 0.337 e. The van der Waals surface area contributed by atoms with Gasteiger partial charge >= 0.3 is 11.9 Å². The van der Waals surface area contributed by atoms with Crippen molar-refractivity contribution in [1.82, 2.24) is 9.88 Å². The highest BCUT2D eigenvalue weighted by Gasteiger charge is 2.38. The summed E-state index contributed by atoms with van der Waals surface area (Å²) in [5.74, 6) is -1.35. The highest BCUT2D eigenvalue weighted by atomic mass is 16.5. The van der Waals surface area contributed by atoms with Crippen LogP contribution in [0.1, 0.15) is 48.5 Å². The van der Waals surface area contributed by atoms with Crippen molar-refractivity contribution >= 4 is 23.5 Å². The summed E-state index contributed by atoms with van der Waals surface area (Å²) in [4.78, 5) is 43.5. The number of hydrogen-bond donors (Lipinski definition) is 1. The molecule has 8 heteroatoms. The molecule has 1 N–H and O–H groups in total. The van der Waals surface area contributed by atoms with Gasteiger partial charge in [-0.2, -0.15) is 0 Å². The number of rotatable bonds is 6. The second kappa shape index (κ2) is 8.89. The van der Waals surface area contributed by atoms with Gasteiger partial charge in [0.2, 0.25) is 0 Å². The van der Waals surface area contributed by atoms with Crippen molar-refractivity contribution in [3.8, 4) is 0 Å². The van der Waals surface area contributed by atoms with Crippen molar-refractivity contribution < 1.29 is 23.9 Å². The highest BCUT2D eigenvalue weighted by Crippen LogP contribution is 2.34. The first-order valence-electron chi connectivity index (χ1n) is 9.90. The molecule has 32 heavy (non-hydrogen) atoms. The molecule has 0 saturated heterocycles. The number of carbonyl (C=O) groups is 3. The van der Waals surface area contributed by atoms with E-state index in [1.165, 1.54) is 20.3 Å². The van der Waals surface area contributed by atoms with Gasteiger partial charge in [0.1, 0.15) is 6.17 Å². The molecule has 2 aromatic carbocycles. The Morgan fingerprint density at radius 2 is 1.62 bits per heavy atom. The Hall–Kier alpha value is -4.20. The minimum Gasteiger partial charge on any atom is -0.465 e. The van der Waals surface area contributed by atoms with Crippen molar-refractivity contribution in [1.29, 1.82) is 0 Å². The number of ether oxygens (including phenoxy) is 2. The van der Waals surface area contributed by atoms with Crippen LogP contribution in [0.25, 0.3) is 0 Å². The van der Waals surface area contributed by atoms with Crippen LogP contribution in [0.15, 0.2) is 66.9 Å². The number of methoxy groups -OCH3 is 2. The van der Waals surface area contributed by atoms with E-state index in [9.17, 15) is 14.4 Å². The molecule has 1 amide bonds. The zero-order chi connectivity index (χ0) is 22.7. The van der Waals surface area contributed by atoms with Gasteiger partial charge in [-0.25, -0.2) is 9.59 Å². The van der Waals surface area contributed by atoms with Gasteiger partial charge in [-0.05, 0) is 35.9 Å². The predicted octanol–water partition coefficient (Wildman–Crippen LogP) is 3.42. The lowest BCUT2D eigenvalue weighted by molar-refractivity contribution is 0.0598. The maximum absolute atomic E-state index is 13.1. The number of carbonyl (C=O) groups excluding carboxylic acids is 3. The summed E-state index contributed by atoms with van der Waals surface area (Å²) < 4.78 is 9.61. The summed E-state index contributed by atoms with van der Waals surface area (Å²) in [5.41, 5.74) is 2.83. The number of fused-ring (bicyclic) bond motifs is 1. The van der Waals surface area contributed by atoms with Gasteiger partial charge in [-0.3, -0.25) is 9.78 Å². The molecule has 1 atom stereocenters. The number of anilines is 1. The number of aromatic nitrogens is 1. The first-order chi connectivity index (χ1) is 15.5. The standard InChI is InChI=1S/C24H21N3O5/c1-31-23(29)16-11-17(24(30)32-2)13-18(12-16)26-21-20-19(9-6-10-25-20)22(28)27(21)14-15-7-4-3-5-8-15/h3-13,21,26H,14H2,1-2H3/t21-/m0/s1. The number of amides is 1. The van der Waals surface area contributed by atoms with Crippen LogP contribution in [-0.2, 0) is 16.0 Å². The lowest BCUT2D eigenvalue weighted by Gasteiger charge is -2.27. The molecule has 1 aliphatic rings. The topological polar surface area (TPSA) is 97.8 Å². The molecule has 1 aliphatic heterocycles. The fourth-order valence-corrected chi connectivity index (χ4v) is 3.67. The van der Waals surface area contributed by atoms with Crippen LogP contribution in [0.5, 0.6) is 0 Å². The molecular formula is C24H21N3O5. The summed E-state index contributed by atoms with van der Waals surface area (Å²) in [6.45, 7) is 0.355. The van der Waals surface area contributed by atoms with E-state index >= 15 is 0 Å². The molecule has 3 aromatic rings. The fourth-order valence-electron chi connectivity index (χ4n) is 3.67. The molecule has 8 nitrogen and oxygen atoms in total. The van der Waals surface area contributed by atoms with Crippen LogP contribution in [0.4, 0.5) is 5.69 Å². The van der Waals surface area contributed by atoms with Crippen molar-refractivity contribution in [3.05, 3.63) is 94.8 Å². The molecule has 0 bridgehead atoms. The number of esters is 2. The molecular weight excluding hydrogens is 410 g/mol. The predicted molar refractivity (Wildman–Crippen MR) is 116 cm³/mol. The zero-order valence-corrected chi connectivity index (χ0v) is 17.6. The quantitative estimate of drug-likeness (QED) is 0.597. The van der Waals surface area contributed by atoms with Crippen molar-refractivity contribution in [2.45, 2.75) is 12.7 Å². The first kappa shape index (κ1) is 21.0. The zero-order valence-electron chi connectivity index (χ0n) is 17.6. The number of pyridine rings is 1. The molecule has 0 spiro atoms. The molecule has 0 unspecified atom stereocenters. The molecule has 2 heterocycles. The van der Waals surface area contributed by atoms with Crippen LogP contribution >= 0.6 is 0 Å². The fraction of sp³-hybridized carbons (Fsp3) is 0.167. The van der Waals surface area contributed by atoms with Gasteiger partial charge in [0.15, 0.2) is 0 Å². The molecule has 162 valence electrons. The van der Waals surface area contributed by atoms with Gasteiger partial charge in [0, 0.05) is 18.4 Å². The van der Waals surface area contributed by atoms with Gasteiger partial charge < -0.3 is 19.7 Å². The number of benzene rings is 2. The molecule has 0 aliphatic carbocycles. The Balaban J connectivity index is 1.74. The van der Waals surface area contributed by atoms with Crippen LogP contribution in [0.2, 0.25) is 0 Å². The lowest BCUT2D eigenvalue weighted by atomic mass is 10.1. The van der Waals surface area contributed by atoms with Gasteiger partial charge in [0.05, 0.1) is 36.6 Å². The van der Waals surface area contributed by atoms with E-state index in [-0.39, 0.29) is 17.0 Å². The number of nitrogens with zero attached hydrogens (tertiary/aromatic N) is 2. The molecule has 1 aromatic heterocycles. The maximum atomic E-state index is 13.1. The summed E-state index contributed by atoms with van der Waals surface area (Å²) in [6.07, 6.45) is 1.02. The summed E-state index contributed by atoms with van der Waals surface area (Å²) in [5, 5.41) is 3.26. The Bertz CT molecular complexity index is 1150. The van der Waals surface area contributed by atoms with E-state index in [1.807, 2.05) is 30.3 Å². The van der Waals surface area contributed by atoms with Crippen molar-refractivity contribution in [2.24, 2.45) is 0 Å². The lowest BCUT2D eigenvalue weighted by Crippen LogP contribution is -2.32. The van der Waals surface area contributed by atoms with E-state index in [0.29, 0.717) is 23.5 Å². The number of nitrogens with one attached hydrogen (secondary N) is 1. The van der Waals surface area contributed by atoms with Crippen LogP contribution in [-0.4, -0.2) is 41.9 Å². The highest BCUT2D eigenvalue weighted by molar-refractivity contribution is 5.99. The van der Waals surface area contributed by atoms with E-state index < -0.39 is 18.1 Å². The Labute approximate surface area is 184 Å². The second-order valence-electron chi connectivity index (χ2n) is 7.18. The van der Waals surface area contributed by atoms with Crippen molar-refractivity contribution in [3.63, 3.8) is 0 Å². The first-order valence-corrected chi connectivity index (χ1v) is 9.90. The number of hydrogen-bond acceptors (Lipinski definition) is 7. The van der Waals surface area contributed by atoms with Gasteiger partial charge in [-0.15, -0.1) is 0 Å². The second-order valence-corrected chi connectivity index (χ2v) is 7.18. The van der Waals surface area contributed by atoms with Crippen LogP contribution in [0.3, 0.4) is 0 Å². The third-order valence-corrected chi connectivity index (χ3v) is 5.17. The average molecular weight is 431 g/mol. The van der Waals surface area contributed by atoms with E-state index in [4.69, 9.17) is 9.47 Å². The Morgan fingerprint density at radius 3 is 2.25 bits per heavy atom. The molecule has 0 radical (unpaired) electrons. The largest absolute Gasteiger partial charge is 0.465 e. The van der Waals surface area contributed by atoms with Crippen molar-refractivity contribution in [2.75, 3.05) is 19.5 Å². The SMILES string of the molecule is COC(=O)c1cc(N[C@@H]2c3ncccc3C(=O)N2Cc2ccccc2)cc(C(=O)OC)c1. The van der Waals surface area contributed by atoms with Gasteiger partial charge in [0.25, 0.3) is 5.91 Å². The van der Waals surface area contributed by atoms with E-state index in [2.05, 4.69) is 10.3 Å². The van der Waals surface area contributed by atoms with Crippen LogP contribution < -0.4 is 5.32 Å². The van der Waals surface area contributed by atoms with E-state index in [1.54, 1.807) is 35.4 Å². The summed E-state index contributed by atoms with van der Waals surface area (Å²) >= 11 is 0. The average Bonchev–Trinajstić information content (AvgIpc) is 3.09. The summed E-state index contributed by atoms with van der Waals surface area (Å²) in [7, 11) is 2.52. The molecule has 4 rings (SSSR count). The minimum atomic E-state index is -0.600. The third-order valence-electron chi connectivity index (χ3n) is 5.17. The van der Waals surface area contributed by atoms with Gasteiger partial charge in [-0.1, -0.05) is 30.3 Å². The third kappa shape index (κ3) is 4.02. The summed E-state index contributed by atoms with van der Waals surface area (Å²) in [6, 6.07) is 17.6. The normalized spacial score (nSPS) is 14.6.